The van der Waals surface area contributed by atoms with Gasteiger partial charge in [-0.1, -0.05) is 36.4 Å². The quantitative estimate of drug-likeness (QED) is 0.681. The lowest BCUT2D eigenvalue weighted by Crippen LogP contribution is -2.43. The number of rotatable bonds is 3. The Morgan fingerprint density at radius 1 is 1.16 bits per heavy atom. The van der Waals surface area contributed by atoms with Crippen molar-refractivity contribution >= 4 is 16.7 Å². The smallest absolute Gasteiger partial charge is 0.272 e. The normalized spacial score (nSPS) is 25.5. The number of carbonyl (C=O) groups excluding carboxylic acids is 1. The van der Waals surface area contributed by atoms with Crippen LogP contribution in [0.1, 0.15) is 30.5 Å². The zero-order chi connectivity index (χ0) is 21.6. The van der Waals surface area contributed by atoms with E-state index >= 15 is 0 Å². The number of nitrogens with one attached hydrogen (secondary N) is 1. The highest BCUT2D eigenvalue weighted by molar-refractivity contribution is 5.88. The fourth-order valence-electron chi connectivity index (χ4n) is 5.44. The molecule has 1 aromatic heterocycles. The number of aromatic nitrogens is 2. The van der Waals surface area contributed by atoms with Crippen molar-refractivity contribution < 1.29 is 14.3 Å². The highest BCUT2D eigenvalue weighted by Crippen LogP contribution is 2.48. The van der Waals surface area contributed by atoms with Crippen molar-refractivity contribution in [1.29, 1.82) is 0 Å². The monoisotopic (exact) mass is 421 g/mol. The lowest BCUT2D eigenvalue weighted by Gasteiger charge is -2.41. The van der Waals surface area contributed by atoms with E-state index in [0.717, 1.165) is 12.8 Å². The molecule has 1 aliphatic heterocycles. The standard InChI is InChI=1S/C24H24FN3O3/c25-20-10-4-3-9-18(20)24(31)11-5-6-15-13-28(14-19(15)24)22(29)12-21-16-7-1-2-8-17(16)23(30)27-26-21/h1-4,7-10,15,19,31H,5-6,11-14H2,(H,27,30)/t15-,19-,24+/m0/s1. The van der Waals surface area contributed by atoms with Crippen LogP contribution in [0.15, 0.2) is 53.3 Å². The summed E-state index contributed by atoms with van der Waals surface area (Å²) in [5, 5.41) is 19.3. The summed E-state index contributed by atoms with van der Waals surface area (Å²) < 4.78 is 14.5. The molecule has 1 saturated heterocycles. The summed E-state index contributed by atoms with van der Waals surface area (Å²) in [5.41, 5.74) is -0.702. The fraction of sp³-hybridized carbons (Fsp3) is 0.375. The van der Waals surface area contributed by atoms with Gasteiger partial charge in [0, 0.05) is 30.0 Å². The number of aromatic amines is 1. The number of halogens is 1. The SMILES string of the molecule is O=C(Cc1n[nH]c(=O)c2ccccc12)N1C[C@@H]2CCC[C@@](O)(c3ccccc3F)[C@H]2C1. The van der Waals surface area contributed by atoms with Gasteiger partial charge in [-0.25, -0.2) is 9.49 Å². The van der Waals surface area contributed by atoms with E-state index in [4.69, 9.17) is 0 Å². The Balaban J connectivity index is 1.40. The fourth-order valence-corrected chi connectivity index (χ4v) is 5.44. The largest absolute Gasteiger partial charge is 0.385 e. The topological polar surface area (TPSA) is 86.3 Å². The molecule has 7 heteroatoms. The van der Waals surface area contributed by atoms with Crippen molar-refractivity contribution in [3.05, 3.63) is 76.0 Å². The molecule has 2 aliphatic rings. The molecule has 3 atom stereocenters. The Labute approximate surface area is 178 Å². The van der Waals surface area contributed by atoms with Crippen LogP contribution in [0.25, 0.3) is 10.8 Å². The second-order valence-electron chi connectivity index (χ2n) is 8.68. The van der Waals surface area contributed by atoms with Crippen molar-refractivity contribution in [2.45, 2.75) is 31.3 Å². The van der Waals surface area contributed by atoms with E-state index in [0.29, 0.717) is 41.5 Å². The Kier molecular flexibility index (Phi) is 4.85. The van der Waals surface area contributed by atoms with E-state index in [1.807, 2.05) is 6.07 Å². The van der Waals surface area contributed by atoms with Crippen LogP contribution in [0, 0.1) is 17.7 Å². The molecule has 1 amide bonds. The van der Waals surface area contributed by atoms with Crippen molar-refractivity contribution in [3.63, 3.8) is 0 Å². The van der Waals surface area contributed by atoms with Crippen LogP contribution >= 0.6 is 0 Å². The minimum absolute atomic E-state index is 0.0643. The average Bonchev–Trinajstić information content (AvgIpc) is 3.22. The van der Waals surface area contributed by atoms with E-state index in [1.54, 1.807) is 41.3 Å². The summed E-state index contributed by atoms with van der Waals surface area (Å²) in [4.78, 5) is 26.9. The first-order valence-corrected chi connectivity index (χ1v) is 10.7. The van der Waals surface area contributed by atoms with Crippen molar-refractivity contribution in [2.24, 2.45) is 11.8 Å². The lowest BCUT2D eigenvalue weighted by atomic mass is 9.67. The maximum absolute atomic E-state index is 14.5. The van der Waals surface area contributed by atoms with Gasteiger partial charge >= 0.3 is 0 Å². The highest BCUT2D eigenvalue weighted by atomic mass is 19.1. The Hall–Kier alpha value is -3.06. The number of hydrogen-bond acceptors (Lipinski definition) is 4. The van der Waals surface area contributed by atoms with Crippen LogP contribution in [0.2, 0.25) is 0 Å². The summed E-state index contributed by atoms with van der Waals surface area (Å²) in [6.07, 6.45) is 2.25. The maximum atomic E-state index is 14.5. The first-order chi connectivity index (χ1) is 15.0. The molecule has 1 aliphatic carbocycles. The molecule has 0 spiro atoms. The molecular formula is C24H24FN3O3. The van der Waals surface area contributed by atoms with Crippen molar-refractivity contribution in [2.75, 3.05) is 13.1 Å². The predicted octanol–water partition coefficient (Wildman–Crippen LogP) is 2.75. The van der Waals surface area contributed by atoms with Crippen LogP contribution < -0.4 is 5.56 Å². The van der Waals surface area contributed by atoms with Gasteiger partial charge in [-0.15, -0.1) is 0 Å². The third-order valence-electron chi connectivity index (χ3n) is 6.97. The third-order valence-corrected chi connectivity index (χ3v) is 6.97. The second-order valence-corrected chi connectivity index (χ2v) is 8.68. The number of amides is 1. The molecule has 2 N–H and O–H groups in total. The number of aliphatic hydroxyl groups is 1. The van der Waals surface area contributed by atoms with E-state index in [1.165, 1.54) is 6.07 Å². The molecule has 6 nitrogen and oxygen atoms in total. The molecule has 0 radical (unpaired) electrons. The van der Waals surface area contributed by atoms with Crippen LogP contribution in [0.3, 0.4) is 0 Å². The molecule has 160 valence electrons. The molecule has 2 aromatic carbocycles. The van der Waals surface area contributed by atoms with Gasteiger partial charge in [0.2, 0.25) is 5.91 Å². The summed E-state index contributed by atoms with van der Waals surface area (Å²) in [6.45, 7) is 0.928. The van der Waals surface area contributed by atoms with E-state index in [-0.39, 0.29) is 29.7 Å². The van der Waals surface area contributed by atoms with Gasteiger partial charge in [0.25, 0.3) is 5.56 Å². The molecule has 31 heavy (non-hydrogen) atoms. The number of fused-ring (bicyclic) bond motifs is 2. The first kappa shape index (κ1) is 19.9. The molecule has 0 unspecified atom stereocenters. The molecule has 3 aromatic rings. The number of H-pyrrole nitrogens is 1. The van der Waals surface area contributed by atoms with E-state index < -0.39 is 11.4 Å². The second kappa shape index (κ2) is 7.57. The lowest BCUT2D eigenvalue weighted by molar-refractivity contribution is -0.130. The van der Waals surface area contributed by atoms with E-state index in [9.17, 15) is 19.1 Å². The van der Waals surface area contributed by atoms with Crippen LogP contribution in [0.4, 0.5) is 4.39 Å². The summed E-state index contributed by atoms with van der Waals surface area (Å²) >= 11 is 0. The zero-order valence-electron chi connectivity index (χ0n) is 17.1. The van der Waals surface area contributed by atoms with Crippen LogP contribution in [-0.2, 0) is 16.8 Å². The Morgan fingerprint density at radius 2 is 1.90 bits per heavy atom. The number of nitrogens with zero attached hydrogens (tertiary/aromatic N) is 2. The number of benzene rings is 2. The number of carbonyl (C=O) groups is 1. The Morgan fingerprint density at radius 3 is 2.71 bits per heavy atom. The molecule has 1 saturated carbocycles. The van der Waals surface area contributed by atoms with Gasteiger partial charge in [-0.05, 0) is 37.3 Å². The average molecular weight is 421 g/mol. The summed E-state index contributed by atoms with van der Waals surface area (Å²) in [7, 11) is 0. The molecule has 2 heterocycles. The zero-order valence-corrected chi connectivity index (χ0v) is 17.1. The molecule has 5 rings (SSSR count). The molecule has 0 bridgehead atoms. The third kappa shape index (κ3) is 3.33. The van der Waals surface area contributed by atoms with Gasteiger partial charge in [-0.2, -0.15) is 5.10 Å². The van der Waals surface area contributed by atoms with Crippen LogP contribution in [-0.4, -0.2) is 39.2 Å². The van der Waals surface area contributed by atoms with Crippen molar-refractivity contribution in [1.82, 2.24) is 15.1 Å². The Bertz CT molecular complexity index is 1210. The minimum Gasteiger partial charge on any atom is -0.385 e. The summed E-state index contributed by atoms with van der Waals surface area (Å²) in [6, 6.07) is 13.5. The highest BCUT2D eigenvalue weighted by Gasteiger charge is 2.51. The van der Waals surface area contributed by atoms with Gasteiger partial charge in [0.15, 0.2) is 0 Å². The summed E-state index contributed by atoms with van der Waals surface area (Å²) in [5.74, 6) is -0.584. The van der Waals surface area contributed by atoms with Gasteiger partial charge in [0.05, 0.1) is 23.1 Å². The van der Waals surface area contributed by atoms with Gasteiger partial charge < -0.3 is 10.0 Å². The maximum Gasteiger partial charge on any atom is 0.272 e. The molecular weight excluding hydrogens is 397 g/mol. The minimum atomic E-state index is -1.27. The first-order valence-electron chi connectivity index (χ1n) is 10.7. The number of hydrogen-bond donors (Lipinski definition) is 2. The number of likely N-dealkylation sites (tertiary alicyclic amines) is 1. The predicted molar refractivity (Wildman–Crippen MR) is 114 cm³/mol. The van der Waals surface area contributed by atoms with E-state index in [2.05, 4.69) is 10.2 Å². The van der Waals surface area contributed by atoms with Gasteiger partial charge in [0.1, 0.15) is 5.82 Å². The molecule has 2 fully saturated rings. The van der Waals surface area contributed by atoms with Crippen LogP contribution in [0.5, 0.6) is 0 Å². The van der Waals surface area contributed by atoms with Crippen molar-refractivity contribution in [3.8, 4) is 0 Å². The van der Waals surface area contributed by atoms with Gasteiger partial charge in [-0.3, -0.25) is 9.59 Å².